The molecule has 1 N–H and O–H groups in total. The maximum Gasteiger partial charge on any atom is 0.216 e. The summed E-state index contributed by atoms with van der Waals surface area (Å²) in [5.74, 6) is 0.240. The Labute approximate surface area is 86.3 Å². The first-order chi connectivity index (χ1) is 6.37. The monoisotopic (exact) mass is 199 g/mol. The van der Waals surface area contributed by atoms with Gasteiger partial charge in [-0.15, -0.1) is 0 Å². The molecule has 0 radical (unpaired) electrons. The molecule has 0 aromatic carbocycles. The molecule has 0 aliphatic rings. The zero-order chi connectivity index (χ0) is 11.2. The quantitative estimate of drug-likeness (QED) is 0.710. The Hall–Kier alpha value is -0.860. The first-order valence-corrected chi connectivity index (χ1v) is 5.13. The number of ketones is 1. The Balaban J connectivity index is 3.93. The van der Waals surface area contributed by atoms with Crippen LogP contribution in [-0.4, -0.2) is 18.2 Å². The van der Waals surface area contributed by atoms with Crippen LogP contribution in [0.2, 0.25) is 0 Å². The van der Waals surface area contributed by atoms with E-state index < -0.39 is 0 Å². The summed E-state index contributed by atoms with van der Waals surface area (Å²) in [4.78, 5) is 22.1. The molecule has 0 rings (SSSR count). The van der Waals surface area contributed by atoms with Crippen LogP contribution >= 0.6 is 0 Å². The molecular formula is C11H21NO2. The molecule has 1 amide bonds. The molecule has 0 aliphatic heterocycles. The van der Waals surface area contributed by atoms with E-state index in [2.05, 4.69) is 5.32 Å². The average Bonchev–Trinajstić information content (AvgIpc) is 2.00. The highest BCUT2D eigenvalue weighted by Crippen LogP contribution is 2.20. The second-order valence-corrected chi connectivity index (χ2v) is 4.54. The number of carbonyl (C=O) groups is 2. The van der Waals surface area contributed by atoms with Crippen molar-refractivity contribution >= 4 is 11.7 Å². The zero-order valence-electron chi connectivity index (χ0n) is 9.64. The van der Waals surface area contributed by atoms with Gasteiger partial charge < -0.3 is 5.32 Å². The van der Waals surface area contributed by atoms with Crippen LogP contribution in [-0.2, 0) is 9.59 Å². The van der Waals surface area contributed by atoms with Gasteiger partial charge in [-0.25, -0.2) is 0 Å². The first-order valence-electron chi connectivity index (χ1n) is 5.13. The van der Waals surface area contributed by atoms with Crippen molar-refractivity contribution in [3.05, 3.63) is 0 Å². The topological polar surface area (TPSA) is 46.2 Å². The predicted octanol–water partition coefficient (Wildman–Crippen LogP) is 1.91. The minimum Gasteiger partial charge on any atom is -0.356 e. The molecule has 14 heavy (non-hydrogen) atoms. The standard InChI is InChI=1S/C11H21NO2/c1-5-6-10(14)7-11(3,4)8-12-9(2)13/h5-8H2,1-4H3,(H,12,13). The SMILES string of the molecule is CCCC(=O)CC(C)(C)CNC(C)=O. The fourth-order valence-corrected chi connectivity index (χ4v) is 1.33. The van der Waals surface area contributed by atoms with Gasteiger partial charge in [0, 0.05) is 26.3 Å². The maximum absolute atomic E-state index is 11.4. The smallest absolute Gasteiger partial charge is 0.216 e. The fourth-order valence-electron chi connectivity index (χ4n) is 1.33. The molecule has 3 nitrogen and oxygen atoms in total. The van der Waals surface area contributed by atoms with Gasteiger partial charge in [0.15, 0.2) is 0 Å². The van der Waals surface area contributed by atoms with E-state index in [1.54, 1.807) is 0 Å². The predicted molar refractivity (Wildman–Crippen MR) is 57.0 cm³/mol. The summed E-state index contributed by atoms with van der Waals surface area (Å²) in [7, 11) is 0. The lowest BCUT2D eigenvalue weighted by Gasteiger charge is -2.23. The van der Waals surface area contributed by atoms with E-state index in [9.17, 15) is 9.59 Å². The summed E-state index contributed by atoms with van der Waals surface area (Å²) >= 11 is 0. The van der Waals surface area contributed by atoms with Crippen molar-refractivity contribution in [2.45, 2.75) is 47.0 Å². The summed E-state index contributed by atoms with van der Waals surface area (Å²) in [6.07, 6.45) is 2.08. The van der Waals surface area contributed by atoms with Gasteiger partial charge in [-0.2, -0.15) is 0 Å². The van der Waals surface area contributed by atoms with Gasteiger partial charge in [0.2, 0.25) is 5.91 Å². The van der Waals surface area contributed by atoms with Crippen LogP contribution in [0.3, 0.4) is 0 Å². The maximum atomic E-state index is 11.4. The molecule has 0 heterocycles. The fraction of sp³-hybridized carbons (Fsp3) is 0.818. The van der Waals surface area contributed by atoms with Gasteiger partial charge in [-0.1, -0.05) is 20.8 Å². The van der Waals surface area contributed by atoms with Crippen LogP contribution < -0.4 is 5.32 Å². The second kappa shape index (κ2) is 5.78. The number of rotatable bonds is 6. The lowest BCUT2D eigenvalue weighted by molar-refractivity contribution is -0.122. The van der Waals surface area contributed by atoms with Crippen molar-refractivity contribution in [2.75, 3.05) is 6.54 Å². The highest BCUT2D eigenvalue weighted by atomic mass is 16.1. The summed E-state index contributed by atoms with van der Waals surface area (Å²) in [6, 6.07) is 0. The van der Waals surface area contributed by atoms with Crippen molar-refractivity contribution in [2.24, 2.45) is 5.41 Å². The number of hydrogen-bond donors (Lipinski definition) is 1. The number of amides is 1. The van der Waals surface area contributed by atoms with Crippen LogP contribution in [0.1, 0.15) is 47.0 Å². The molecule has 0 atom stereocenters. The van der Waals surface area contributed by atoms with E-state index >= 15 is 0 Å². The molecule has 0 aliphatic carbocycles. The third-order valence-electron chi connectivity index (χ3n) is 2.02. The van der Waals surface area contributed by atoms with Gasteiger partial charge in [-0.3, -0.25) is 9.59 Å². The Bertz CT molecular complexity index is 209. The van der Waals surface area contributed by atoms with Crippen molar-refractivity contribution in [3.63, 3.8) is 0 Å². The van der Waals surface area contributed by atoms with Gasteiger partial charge in [0.25, 0.3) is 0 Å². The molecule has 0 aromatic heterocycles. The lowest BCUT2D eigenvalue weighted by Crippen LogP contribution is -2.33. The Morgan fingerprint density at radius 3 is 2.29 bits per heavy atom. The van der Waals surface area contributed by atoms with Crippen LogP contribution in [0.25, 0.3) is 0 Å². The third kappa shape index (κ3) is 6.63. The Morgan fingerprint density at radius 1 is 1.29 bits per heavy atom. The van der Waals surface area contributed by atoms with Gasteiger partial charge >= 0.3 is 0 Å². The summed E-state index contributed by atoms with van der Waals surface area (Å²) in [6.45, 7) is 8.05. The minimum atomic E-state index is -0.127. The van der Waals surface area contributed by atoms with Crippen molar-refractivity contribution < 1.29 is 9.59 Å². The molecule has 0 aromatic rings. The minimum absolute atomic E-state index is 0.0407. The molecule has 3 heteroatoms. The molecule has 0 saturated heterocycles. The molecular weight excluding hydrogens is 178 g/mol. The van der Waals surface area contributed by atoms with Gasteiger partial charge in [-0.05, 0) is 11.8 Å². The van der Waals surface area contributed by atoms with E-state index in [1.807, 2.05) is 20.8 Å². The molecule has 0 spiro atoms. The average molecular weight is 199 g/mol. The number of nitrogens with one attached hydrogen (secondary N) is 1. The molecule has 82 valence electrons. The second-order valence-electron chi connectivity index (χ2n) is 4.54. The van der Waals surface area contributed by atoms with Crippen LogP contribution in [0, 0.1) is 5.41 Å². The zero-order valence-corrected chi connectivity index (χ0v) is 9.64. The first kappa shape index (κ1) is 13.1. The van der Waals surface area contributed by atoms with Crippen LogP contribution in [0.4, 0.5) is 0 Å². The number of Topliss-reactive ketones (excluding diaryl/α,β-unsaturated/α-hetero) is 1. The van der Waals surface area contributed by atoms with E-state index in [0.717, 1.165) is 6.42 Å². The lowest BCUT2D eigenvalue weighted by atomic mass is 9.86. The normalized spacial score (nSPS) is 11.1. The van der Waals surface area contributed by atoms with Crippen molar-refractivity contribution in [1.82, 2.24) is 5.32 Å². The number of carbonyl (C=O) groups excluding carboxylic acids is 2. The summed E-state index contributed by atoms with van der Waals surface area (Å²) in [5.41, 5.74) is -0.127. The molecule has 0 bridgehead atoms. The highest BCUT2D eigenvalue weighted by molar-refractivity contribution is 5.79. The van der Waals surface area contributed by atoms with Crippen LogP contribution in [0.5, 0.6) is 0 Å². The molecule has 0 fully saturated rings. The van der Waals surface area contributed by atoms with E-state index in [4.69, 9.17) is 0 Å². The van der Waals surface area contributed by atoms with Crippen molar-refractivity contribution in [1.29, 1.82) is 0 Å². The summed E-state index contributed by atoms with van der Waals surface area (Å²) < 4.78 is 0. The van der Waals surface area contributed by atoms with E-state index in [1.165, 1.54) is 6.92 Å². The van der Waals surface area contributed by atoms with Crippen molar-refractivity contribution in [3.8, 4) is 0 Å². The Morgan fingerprint density at radius 2 is 1.86 bits per heavy atom. The molecule has 0 unspecified atom stereocenters. The van der Waals surface area contributed by atoms with E-state index in [0.29, 0.717) is 19.4 Å². The van der Waals surface area contributed by atoms with Crippen LogP contribution in [0.15, 0.2) is 0 Å². The number of hydrogen-bond acceptors (Lipinski definition) is 2. The highest BCUT2D eigenvalue weighted by Gasteiger charge is 2.21. The Kier molecular flexibility index (Phi) is 5.43. The van der Waals surface area contributed by atoms with E-state index in [-0.39, 0.29) is 17.1 Å². The van der Waals surface area contributed by atoms with Gasteiger partial charge in [0.1, 0.15) is 5.78 Å². The van der Waals surface area contributed by atoms with Gasteiger partial charge in [0.05, 0.1) is 0 Å². The summed E-state index contributed by atoms with van der Waals surface area (Å²) in [5, 5.41) is 2.74. The largest absolute Gasteiger partial charge is 0.356 e. The molecule has 0 saturated carbocycles. The third-order valence-corrected chi connectivity index (χ3v) is 2.02.